The Bertz CT molecular complexity index is 1370. The first-order valence-electron chi connectivity index (χ1n) is 11.6. The van der Waals surface area contributed by atoms with E-state index in [1.165, 1.54) is 11.8 Å². The second-order valence-corrected chi connectivity index (χ2v) is 9.86. The maximum atomic E-state index is 13.7. The van der Waals surface area contributed by atoms with Crippen LogP contribution in [-0.4, -0.2) is 51.8 Å². The van der Waals surface area contributed by atoms with E-state index >= 15 is 0 Å². The van der Waals surface area contributed by atoms with Crippen LogP contribution >= 0.6 is 11.8 Å². The quantitative estimate of drug-likeness (QED) is 0.396. The molecule has 1 aliphatic heterocycles. The fraction of sp³-hybridized carbons (Fsp3) is 0.259. The number of likely N-dealkylation sites (tertiary alicyclic amines) is 1. The van der Waals surface area contributed by atoms with E-state index in [2.05, 4.69) is 21.4 Å². The Balaban J connectivity index is 1.42. The SMILES string of the molecule is CNC(=O)[C@H]1CCN(C(=O)C(Sc2ncc(-c3c[nH]c4ccncc34)cc2C)c2ccccc2)C1. The molecule has 1 fully saturated rings. The molecule has 1 aliphatic rings. The number of aromatic nitrogens is 3. The molecule has 0 spiro atoms. The minimum absolute atomic E-state index is 0.00945. The van der Waals surface area contributed by atoms with Gasteiger partial charge in [-0.25, -0.2) is 4.98 Å². The van der Waals surface area contributed by atoms with Gasteiger partial charge in [0.15, 0.2) is 0 Å². The van der Waals surface area contributed by atoms with E-state index in [1.54, 1.807) is 13.2 Å². The lowest BCUT2D eigenvalue weighted by Gasteiger charge is -2.24. The lowest BCUT2D eigenvalue weighted by atomic mass is 10.1. The minimum atomic E-state index is -0.436. The van der Waals surface area contributed by atoms with Crippen LogP contribution in [0, 0.1) is 12.8 Å². The third-order valence-corrected chi connectivity index (χ3v) is 7.86. The van der Waals surface area contributed by atoms with Crippen molar-refractivity contribution in [3.8, 4) is 11.1 Å². The van der Waals surface area contributed by atoms with Crippen molar-refractivity contribution < 1.29 is 9.59 Å². The summed E-state index contributed by atoms with van der Waals surface area (Å²) < 4.78 is 0. The molecule has 1 unspecified atom stereocenters. The number of H-pyrrole nitrogens is 1. The molecule has 0 saturated carbocycles. The molecule has 4 heterocycles. The normalized spacial score (nSPS) is 16.4. The second-order valence-electron chi connectivity index (χ2n) is 8.76. The molecule has 4 aromatic rings. The summed E-state index contributed by atoms with van der Waals surface area (Å²) in [7, 11) is 1.64. The Morgan fingerprint density at radius 3 is 2.80 bits per heavy atom. The third kappa shape index (κ3) is 4.66. The number of carbonyl (C=O) groups is 2. The Morgan fingerprint density at radius 2 is 2.03 bits per heavy atom. The van der Waals surface area contributed by atoms with Gasteiger partial charge >= 0.3 is 0 Å². The van der Waals surface area contributed by atoms with Crippen LogP contribution in [0.1, 0.15) is 22.8 Å². The van der Waals surface area contributed by atoms with Crippen molar-refractivity contribution >= 4 is 34.5 Å². The molecule has 1 saturated heterocycles. The van der Waals surface area contributed by atoms with Crippen LogP contribution in [0.25, 0.3) is 22.0 Å². The van der Waals surface area contributed by atoms with Gasteiger partial charge < -0.3 is 15.2 Å². The first-order valence-corrected chi connectivity index (χ1v) is 12.5. The first-order chi connectivity index (χ1) is 17.0. The van der Waals surface area contributed by atoms with E-state index in [0.717, 1.165) is 38.2 Å². The van der Waals surface area contributed by atoms with E-state index in [-0.39, 0.29) is 17.7 Å². The maximum Gasteiger partial charge on any atom is 0.240 e. The molecule has 3 aromatic heterocycles. The van der Waals surface area contributed by atoms with Crippen LogP contribution in [0.2, 0.25) is 0 Å². The van der Waals surface area contributed by atoms with Crippen molar-refractivity contribution in [2.45, 2.75) is 23.6 Å². The fourth-order valence-electron chi connectivity index (χ4n) is 4.58. The van der Waals surface area contributed by atoms with Crippen LogP contribution in [0.3, 0.4) is 0 Å². The molecular weight excluding hydrogens is 458 g/mol. The lowest BCUT2D eigenvalue weighted by Crippen LogP contribution is -2.35. The maximum absolute atomic E-state index is 13.7. The van der Waals surface area contributed by atoms with Gasteiger partial charge in [0.05, 0.1) is 10.9 Å². The highest BCUT2D eigenvalue weighted by atomic mass is 32.2. The number of aromatic amines is 1. The van der Waals surface area contributed by atoms with Crippen molar-refractivity contribution in [2.75, 3.05) is 20.1 Å². The second kappa shape index (κ2) is 9.92. The number of nitrogens with zero attached hydrogens (tertiary/aromatic N) is 3. The Kier molecular flexibility index (Phi) is 6.55. The molecule has 2 amide bonds. The van der Waals surface area contributed by atoms with Gasteiger partial charge in [0.25, 0.3) is 0 Å². The molecule has 178 valence electrons. The number of fused-ring (bicyclic) bond motifs is 1. The van der Waals surface area contributed by atoms with Crippen molar-refractivity contribution in [3.63, 3.8) is 0 Å². The number of hydrogen-bond donors (Lipinski definition) is 2. The summed E-state index contributed by atoms with van der Waals surface area (Å²) in [6, 6.07) is 13.8. The van der Waals surface area contributed by atoms with Crippen molar-refractivity contribution in [2.24, 2.45) is 5.92 Å². The summed E-state index contributed by atoms with van der Waals surface area (Å²) in [5, 5.41) is 4.13. The molecule has 8 heteroatoms. The van der Waals surface area contributed by atoms with E-state index in [1.807, 2.05) is 66.8 Å². The number of pyridine rings is 2. The van der Waals surface area contributed by atoms with Gasteiger partial charge in [0.1, 0.15) is 5.25 Å². The van der Waals surface area contributed by atoms with E-state index < -0.39 is 5.25 Å². The molecule has 5 rings (SSSR count). The van der Waals surface area contributed by atoms with E-state index in [4.69, 9.17) is 4.98 Å². The Hall–Kier alpha value is -3.65. The zero-order chi connectivity index (χ0) is 24.4. The van der Waals surface area contributed by atoms with Gasteiger partial charge in [0, 0.05) is 67.0 Å². The van der Waals surface area contributed by atoms with Gasteiger partial charge in [-0.1, -0.05) is 42.1 Å². The number of amides is 2. The number of thioether (sulfide) groups is 1. The average molecular weight is 486 g/mol. The van der Waals surface area contributed by atoms with Crippen LogP contribution < -0.4 is 5.32 Å². The summed E-state index contributed by atoms with van der Waals surface area (Å²) in [6.45, 7) is 3.05. The minimum Gasteiger partial charge on any atom is -0.360 e. The number of aryl methyl sites for hydroxylation is 1. The smallest absolute Gasteiger partial charge is 0.240 e. The summed E-state index contributed by atoms with van der Waals surface area (Å²) in [5.41, 5.74) is 5.01. The zero-order valence-corrected chi connectivity index (χ0v) is 20.5. The first kappa shape index (κ1) is 23.1. The van der Waals surface area contributed by atoms with Crippen LogP contribution in [0.5, 0.6) is 0 Å². The van der Waals surface area contributed by atoms with Crippen LogP contribution in [0.4, 0.5) is 0 Å². The van der Waals surface area contributed by atoms with Crippen LogP contribution in [0.15, 0.2) is 72.3 Å². The van der Waals surface area contributed by atoms with Crippen LogP contribution in [-0.2, 0) is 9.59 Å². The van der Waals surface area contributed by atoms with Gasteiger partial charge in [0.2, 0.25) is 11.8 Å². The third-order valence-electron chi connectivity index (χ3n) is 6.50. The van der Waals surface area contributed by atoms with Crippen molar-refractivity contribution in [1.82, 2.24) is 25.2 Å². The predicted octanol–water partition coefficient (Wildman–Crippen LogP) is 4.36. The van der Waals surface area contributed by atoms with Crippen molar-refractivity contribution in [1.29, 1.82) is 0 Å². The zero-order valence-electron chi connectivity index (χ0n) is 19.7. The predicted molar refractivity (Wildman–Crippen MR) is 138 cm³/mol. The van der Waals surface area contributed by atoms with E-state index in [9.17, 15) is 9.59 Å². The summed E-state index contributed by atoms with van der Waals surface area (Å²) >= 11 is 1.47. The topological polar surface area (TPSA) is 91.0 Å². The molecule has 2 atom stereocenters. The molecule has 2 N–H and O–H groups in total. The summed E-state index contributed by atoms with van der Waals surface area (Å²) in [4.78, 5) is 39.9. The molecule has 0 radical (unpaired) electrons. The molecule has 0 bridgehead atoms. The Morgan fingerprint density at radius 1 is 1.20 bits per heavy atom. The number of carbonyl (C=O) groups excluding carboxylic acids is 2. The monoisotopic (exact) mass is 485 g/mol. The number of benzene rings is 1. The average Bonchev–Trinajstić information content (AvgIpc) is 3.56. The standard InChI is InChI=1S/C27H27N5O2S/c1-17-12-20(21-15-30-23-8-10-29-14-22(21)23)13-31-26(17)35-24(18-6-4-3-5-7-18)27(34)32-11-9-19(16-32)25(33)28-2/h3-8,10,12-15,19,24,30H,9,11,16H2,1-2H3,(H,28,33)/t19-,24?/m0/s1. The molecule has 0 aliphatic carbocycles. The highest BCUT2D eigenvalue weighted by Gasteiger charge is 2.35. The fourth-order valence-corrected chi connectivity index (χ4v) is 5.70. The largest absolute Gasteiger partial charge is 0.360 e. The lowest BCUT2D eigenvalue weighted by molar-refractivity contribution is -0.130. The highest BCUT2D eigenvalue weighted by Crippen LogP contribution is 2.39. The summed E-state index contributed by atoms with van der Waals surface area (Å²) in [6.07, 6.45) is 8.13. The van der Waals surface area contributed by atoms with Gasteiger partial charge in [-0.3, -0.25) is 14.6 Å². The number of rotatable bonds is 6. The van der Waals surface area contributed by atoms with Crippen molar-refractivity contribution in [3.05, 3.63) is 78.4 Å². The molecule has 35 heavy (non-hydrogen) atoms. The molecule has 7 nitrogen and oxygen atoms in total. The van der Waals surface area contributed by atoms with E-state index in [0.29, 0.717) is 19.5 Å². The number of nitrogens with one attached hydrogen (secondary N) is 2. The molecule has 1 aromatic carbocycles. The Labute approximate surface area is 208 Å². The number of hydrogen-bond acceptors (Lipinski definition) is 5. The molecular formula is C27H27N5O2S. The van der Waals surface area contributed by atoms with Gasteiger partial charge in [-0.05, 0) is 36.6 Å². The highest BCUT2D eigenvalue weighted by molar-refractivity contribution is 8.00. The van der Waals surface area contributed by atoms with Gasteiger partial charge in [-0.2, -0.15) is 0 Å². The summed E-state index contributed by atoms with van der Waals surface area (Å²) in [5.74, 6) is -0.152. The van der Waals surface area contributed by atoms with Gasteiger partial charge in [-0.15, -0.1) is 0 Å².